The molecule has 1 heterocycles. The maximum absolute atomic E-state index is 12.5. The number of anilines is 1. The second kappa shape index (κ2) is 5.47. The molecule has 0 bridgehead atoms. The molecule has 0 fully saturated rings. The van der Waals surface area contributed by atoms with Crippen molar-refractivity contribution in [3.05, 3.63) is 57.7 Å². The zero-order valence-electron chi connectivity index (χ0n) is 13.7. The SMILES string of the molecule is Cc1cc(C)c2oc(-c3ccc(N(C)C)cc3)c(O)c(=O)c2c1. The summed E-state index contributed by atoms with van der Waals surface area (Å²) in [4.78, 5) is 14.5. The van der Waals surface area contributed by atoms with Gasteiger partial charge in [-0.1, -0.05) is 6.07 Å². The summed E-state index contributed by atoms with van der Waals surface area (Å²) in [5.41, 5.74) is 3.66. The third-order valence-electron chi connectivity index (χ3n) is 3.94. The van der Waals surface area contributed by atoms with E-state index in [1.54, 1.807) is 6.07 Å². The van der Waals surface area contributed by atoms with Crippen molar-refractivity contribution >= 4 is 16.7 Å². The van der Waals surface area contributed by atoms with Gasteiger partial charge in [0.05, 0.1) is 5.39 Å². The minimum Gasteiger partial charge on any atom is -0.502 e. The zero-order valence-corrected chi connectivity index (χ0v) is 13.7. The van der Waals surface area contributed by atoms with Crippen LogP contribution in [0.1, 0.15) is 11.1 Å². The van der Waals surface area contributed by atoms with Gasteiger partial charge in [0.1, 0.15) is 5.58 Å². The Kier molecular flexibility index (Phi) is 3.60. The fourth-order valence-electron chi connectivity index (χ4n) is 2.75. The first kappa shape index (κ1) is 15.2. The topological polar surface area (TPSA) is 53.7 Å². The summed E-state index contributed by atoms with van der Waals surface area (Å²) in [6.07, 6.45) is 0. The normalized spacial score (nSPS) is 11.0. The average Bonchev–Trinajstić information content (AvgIpc) is 2.51. The Morgan fingerprint density at radius 2 is 1.70 bits per heavy atom. The molecule has 0 saturated heterocycles. The number of aromatic hydroxyl groups is 1. The number of hydrogen-bond donors (Lipinski definition) is 1. The molecule has 0 spiro atoms. The van der Waals surface area contributed by atoms with Gasteiger partial charge in [0, 0.05) is 25.3 Å². The van der Waals surface area contributed by atoms with Gasteiger partial charge in [-0.05, 0) is 55.3 Å². The first-order valence-electron chi connectivity index (χ1n) is 7.43. The van der Waals surface area contributed by atoms with Gasteiger partial charge in [-0.15, -0.1) is 0 Å². The lowest BCUT2D eigenvalue weighted by Gasteiger charge is -2.13. The Labute approximate surface area is 134 Å². The lowest BCUT2D eigenvalue weighted by molar-refractivity contribution is 0.449. The monoisotopic (exact) mass is 309 g/mol. The van der Waals surface area contributed by atoms with Crippen molar-refractivity contribution in [2.24, 2.45) is 0 Å². The molecule has 0 aliphatic rings. The van der Waals surface area contributed by atoms with E-state index in [0.29, 0.717) is 16.5 Å². The molecule has 0 unspecified atom stereocenters. The van der Waals surface area contributed by atoms with E-state index in [4.69, 9.17) is 4.42 Å². The van der Waals surface area contributed by atoms with E-state index in [0.717, 1.165) is 16.8 Å². The molecule has 0 radical (unpaired) electrons. The first-order valence-corrected chi connectivity index (χ1v) is 7.43. The lowest BCUT2D eigenvalue weighted by Crippen LogP contribution is -2.08. The lowest BCUT2D eigenvalue weighted by atomic mass is 10.1. The number of aryl methyl sites for hydroxylation is 2. The Hall–Kier alpha value is -2.75. The molecule has 0 aliphatic heterocycles. The number of fused-ring (bicyclic) bond motifs is 1. The highest BCUT2D eigenvalue weighted by Gasteiger charge is 2.16. The Balaban J connectivity index is 2.26. The van der Waals surface area contributed by atoms with Crippen LogP contribution in [0, 0.1) is 13.8 Å². The molecule has 23 heavy (non-hydrogen) atoms. The zero-order chi connectivity index (χ0) is 16.7. The van der Waals surface area contributed by atoms with Crippen molar-refractivity contribution in [2.45, 2.75) is 13.8 Å². The van der Waals surface area contributed by atoms with Gasteiger partial charge in [0.15, 0.2) is 5.76 Å². The van der Waals surface area contributed by atoms with Gasteiger partial charge in [0.2, 0.25) is 11.2 Å². The Bertz CT molecular complexity index is 937. The molecular formula is C19H19NO3. The number of benzene rings is 2. The van der Waals surface area contributed by atoms with E-state index < -0.39 is 5.43 Å². The Morgan fingerprint density at radius 3 is 2.30 bits per heavy atom. The van der Waals surface area contributed by atoms with Gasteiger partial charge in [-0.25, -0.2) is 0 Å². The van der Waals surface area contributed by atoms with Crippen LogP contribution in [-0.4, -0.2) is 19.2 Å². The van der Waals surface area contributed by atoms with Crippen LogP contribution in [0.25, 0.3) is 22.3 Å². The largest absolute Gasteiger partial charge is 0.502 e. The fourth-order valence-corrected chi connectivity index (χ4v) is 2.75. The summed E-state index contributed by atoms with van der Waals surface area (Å²) in [6.45, 7) is 3.81. The molecular weight excluding hydrogens is 290 g/mol. The van der Waals surface area contributed by atoms with Crippen molar-refractivity contribution in [2.75, 3.05) is 19.0 Å². The molecule has 1 aromatic heterocycles. The van der Waals surface area contributed by atoms with Crippen molar-refractivity contribution < 1.29 is 9.52 Å². The van der Waals surface area contributed by atoms with Crippen LogP contribution in [-0.2, 0) is 0 Å². The smallest absolute Gasteiger partial charge is 0.235 e. The van der Waals surface area contributed by atoms with Crippen LogP contribution in [0.15, 0.2) is 45.6 Å². The van der Waals surface area contributed by atoms with Crippen LogP contribution < -0.4 is 10.3 Å². The van der Waals surface area contributed by atoms with Crippen molar-refractivity contribution in [3.63, 3.8) is 0 Å². The van der Waals surface area contributed by atoms with Crippen molar-refractivity contribution in [3.8, 4) is 17.1 Å². The number of rotatable bonds is 2. The molecule has 0 amide bonds. The van der Waals surface area contributed by atoms with Crippen LogP contribution in [0.2, 0.25) is 0 Å². The predicted octanol–water partition coefficient (Wildman–Crippen LogP) is 3.85. The summed E-state index contributed by atoms with van der Waals surface area (Å²) in [6, 6.07) is 11.2. The summed E-state index contributed by atoms with van der Waals surface area (Å²) in [5.74, 6) is -0.139. The van der Waals surface area contributed by atoms with Crippen molar-refractivity contribution in [1.29, 1.82) is 0 Å². The molecule has 1 N–H and O–H groups in total. The van der Waals surface area contributed by atoms with E-state index in [-0.39, 0.29) is 11.5 Å². The van der Waals surface area contributed by atoms with Gasteiger partial charge >= 0.3 is 0 Å². The van der Waals surface area contributed by atoms with E-state index >= 15 is 0 Å². The van der Waals surface area contributed by atoms with E-state index in [1.165, 1.54) is 0 Å². The highest BCUT2D eigenvalue weighted by molar-refractivity contribution is 5.85. The summed E-state index contributed by atoms with van der Waals surface area (Å²) < 4.78 is 5.88. The van der Waals surface area contributed by atoms with Gasteiger partial charge in [-0.2, -0.15) is 0 Å². The number of hydrogen-bond acceptors (Lipinski definition) is 4. The molecule has 3 aromatic rings. The molecule has 4 heteroatoms. The second-order valence-corrected chi connectivity index (χ2v) is 6.01. The average molecular weight is 309 g/mol. The molecule has 0 saturated carbocycles. The molecule has 3 rings (SSSR count). The molecule has 0 atom stereocenters. The molecule has 118 valence electrons. The van der Waals surface area contributed by atoms with Gasteiger partial charge in [0.25, 0.3) is 0 Å². The highest BCUT2D eigenvalue weighted by Crippen LogP contribution is 2.32. The third kappa shape index (κ3) is 2.57. The first-order chi connectivity index (χ1) is 10.9. The maximum Gasteiger partial charge on any atom is 0.235 e. The van der Waals surface area contributed by atoms with E-state index in [1.807, 2.05) is 63.2 Å². The minimum atomic E-state index is -0.398. The third-order valence-corrected chi connectivity index (χ3v) is 3.94. The minimum absolute atomic E-state index is 0.208. The van der Waals surface area contributed by atoms with Crippen LogP contribution in [0.3, 0.4) is 0 Å². The van der Waals surface area contributed by atoms with Crippen LogP contribution in [0.4, 0.5) is 5.69 Å². The molecule has 2 aromatic carbocycles. The van der Waals surface area contributed by atoms with Gasteiger partial charge in [-0.3, -0.25) is 4.79 Å². The van der Waals surface area contributed by atoms with E-state index in [9.17, 15) is 9.90 Å². The van der Waals surface area contributed by atoms with Crippen LogP contribution in [0.5, 0.6) is 5.75 Å². The highest BCUT2D eigenvalue weighted by atomic mass is 16.4. The van der Waals surface area contributed by atoms with Crippen LogP contribution >= 0.6 is 0 Å². The summed E-state index contributed by atoms with van der Waals surface area (Å²) in [7, 11) is 3.91. The predicted molar refractivity (Wildman–Crippen MR) is 93.4 cm³/mol. The number of nitrogens with zero attached hydrogens (tertiary/aromatic N) is 1. The standard InChI is InChI=1S/C19H19NO3/c1-11-9-12(2)18-15(10-11)16(21)17(22)19(23-18)13-5-7-14(8-6-13)20(3)4/h5-10,22H,1-4H3. The van der Waals surface area contributed by atoms with Crippen molar-refractivity contribution in [1.82, 2.24) is 0 Å². The summed E-state index contributed by atoms with van der Waals surface area (Å²) >= 11 is 0. The maximum atomic E-state index is 12.5. The quantitative estimate of drug-likeness (QED) is 0.781. The molecule has 0 aliphatic carbocycles. The van der Waals surface area contributed by atoms with E-state index in [2.05, 4.69) is 0 Å². The molecule has 4 nitrogen and oxygen atoms in total. The Morgan fingerprint density at radius 1 is 1.04 bits per heavy atom. The fraction of sp³-hybridized carbons (Fsp3) is 0.211. The van der Waals surface area contributed by atoms with Gasteiger partial charge < -0.3 is 14.4 Å². The summed E-state index contributed by atoms with van der Waals surface area (Å²) in [5, 5.41) is 10.7. The second-order valence-electron chi connectivity index (χ2n) is 6.01.